The summed E-state index contributed by atoms with van der Waals surface area (Å²) in [4.78, 5) is 0. The molecule has 72 valence electrons. The molecule has 0 fully saturated rings. The van der Waals surface area contributed by atoms with E-state index in [1.165, 1.54) is 0 Å². The molecule has 0 heterocycles. The number of hydrogen-bond donors (Lipinski definition) is 3. The molecule has 0 spiro atoms. The van der Waals surface area contributed by atoms with Crippen LogP contribution in [0.2, 0.25) is 0 Å². The third-order valence-corrected chi connectivity index (χ3v) is 2.10. The van der Waals surface area contributed by atoms with Gasteiger partial charge in [0.1, 0.15) is 5.75 Å². The highest BCUT2D eigenvalue weighted by atomic mass is 16.3. The number of aliphatic hydroxyl groups is 1. The summed E-state index contributed by atoms with van der Waals surface area (Å²) in [6.07, 6.45) is 0.894. The number of aliphatic hydroxyl groups excluding tert-OH is 1. The lowest BCUT2D eigenvalue weighted by atomic mass is 10.0. The van der Waals surface area contributed by atoms with Crippen LogP contribution in [0, 0.1) is 0 Å². The molecular weight excluding hydrogens is 166 g/mol. The molecule has 3 nitrogen and oxygen atoms in total. The molecular formula is C10H15NO2. The van der Waals surface area contributed by atoms with Crippen LogP contribution in [0.5, 0.6) is 5.75 Å². The molecule has 1 aromatic carbocycles. The largest absolute Gasteiger partial charge is 0.508 e. The maximum Gasteiger partial charge on any atom is 0.120 e. The van der Waals surface area contributed by atoms with Crippen molar-refractivity contribution < 1.29 is 10.2 Å². The summed E-state index contributed by atoms with van der Waals surface area (Å²) in [7, 11) is 0. The number of aryl methyl sites for hydroxylation is 1. The average Bonchev–Trinajstić information content (AvgIpc) is 2.17. The Balaban J connectivity index is 3.03. The van der Waals surface area contributed by atoms with E-state index in [2.05, 4.69) is 0 Å². The molecule has 3 heteroatoms. The standard InChI is InChI=1S/C10H15NO2/c1-2-7-3-4-10(13)8(5-7)9(11)6-12/h3-5,9,12-13H,2,6,11H2,1H3/t9-/m1/s1. The van der Waals surface area contributed by atoms with E-state index in [1.807, 2.05) is 19.1 Å². The van der Waals surface area contributed by atoms with E-state index in [9.17, 15) is 5.11 Å². The van der Waals surface area contributed by atoms with Gasteiger partial charge >= 0.3 is 0 Å². The first-order valence-electron chi connectivity index (χ1n) is 4.37. The maximum absolute atomic E-state index is 9.44. The molecule has 0 aliphatic carbocycles. The Bertz CT molecular complexity index is 286. The Morgan fingerprint density at radius 2 is 2.15 bits per heavy atom. The van der Waals surface area contributed by atoms with Gasteiger partial charge in [0.05, 0.1) is 12.6 Å². The number of hydrogen-bond acceptors (Lipinski definition) is 3. The van der Waals surface area contributed by atoms with Crippen molar-refractivity contribution in [2.45, 2.75) is 19.4 Å². The predicted octanol–water partition coefficient (Wildman–Crippen LogP) is 0.947. The van der Waals surface area contributed by atoms with E-state index in [0.29, 0.717) is 5.56 Å². The highest BCUT2D eigenvalue weighted by molar-refractivity contribution is 5.38. The zero-order valence-corrected chi connectivity index (χ0v) is 7.70. The van der Waals surface area contributed by atoms with Gasteiger partial charge in [-0.15, -0.1) is 0 Å². The normalized spacial score (nSPS) is 12.8. The van der Waals surface area contributed by atoms with Crippen molar-refractivity contribution in [3.05, 3.63) is 29.3 Å². The van der Waals surface area contributed by atoms with Gasteiger partial charge in [-0.1, -0.05) is 19.1 Å². The first kappa shape index (κ1) is 10.0. The van der Waals surface area contributed by atoms with Gasteiger partial charge in [-0.3, -0.25) is 0 Å². The molecule has 0 aliphatic heterocycles. The zero-order valence-electron chi connectivity index (χ0n) is 7.70. The van der Waals surface area contributed by atoms with E-state index in [1.54, 1.807) is 6.07 Å². The lowest BCUT2D eigenvalue weighted by Crippen LogP contribution is -2.14. The minimum Gasteiger partial charge on any atom is -0.508 e. The number of phenolic OH excluding ortho intramolecular Hbond substituents is 1. The first-order valence-corrected chi connectivity index (χ1v) is 4.37. The van der Waals surface area contributed by atoms with Crippen LogP contribution >= 0.6 is 0 Å². The van der Waals surface area contributed by atoms with Crippen LogP contribution in [-0.2, 0) is 6.42 Å². The molecule has 0 unspecified atom stereocenters. The van der Waals surface area contributed by atoms with Crippen molar-refractivity contribution in [2.24, 2.45) is 5.73 Å². The smallest absolute Gasteiger partial charge is 0.120 e. The Morgan fingerprint density at radius 1 is 1.46 bits per heavy atom. The van der Waals surface area contributed by atoms with E-state index in [0.717, 1.165) is 12.0 Å². The SMILES string of the molecule is CCc1ccc(O)c([C@H](N)CO)c1. The Kier molecular flexibility index (Phi) is 3.28. The van der Waals surface area contributed by atoms with Crippen LogP contribution in [0.1, 0.15) is 24.1 Å². The second-order valence-corrected chi connectivity index (χ2v) is 3.04. The van der Waals surface area contributed by atoms with Crippen LogP contribution in [0.4, 0.5) is 0 Å². The molecule has 13 heavy (non-hydrogen) atoms. The van der Waals surface area contributed by atoms with Gasteiger partial charge in [-0.25, -0.2) is 0 Å². The number of nitrogens with two attached hydrogens (primary N) is 1. The van der Waals surface area contributed by atoms with Crippen molar-refractivity contribution in [2.75, 3.05) is 6.61 Å². The fourth-order valence-corrected chi connectivity index (χ4v) is 1.22. The fourth-order valence-electron chi connectivity index (χ4n) is 1.22. The average molecular weight is 181 g/mol. The number of benzene rings is 1. The van der Waals surface area contributed by atoms with Crippen molar-refractivity contribution in [1.29, 1.82) is 0 Å². The summed E-state index contributed by atoms with van der Waals surface area (Å²) in [5, 5.41) is 18.3. The number of phenols is 1. The van der Waals surface area contributed by atoms with Crippen LogP contribution in [0.3, 0.4) is 0 Å². The zero-order chi connectivity index (χ0) is 9.84. The minimum atomic E-state index is -0.494. The molecule has 0 aliphatic rings. The lowest BCUT2D eigenvalue weighted by molar-refractivity contribution is 0.265. The molecule has 1 aromatic rings. The Hall–Kier alpha value is -1.06. The molecule has 0 saturated carbocycles. The molecule has 0 aromatic heterocycles. The quantitative estimate of drug-likeness (QED) is 0.650. The predicted molar refractivity (Wildman–Crippen MR) is 51.5 cm³/mol. The van der Waals surface area contributed by atoms with E-state index in [-0.39, 0.29) is 12.4 Å². The van der Waals surface area contributed by atoms with Gasteiger partial charge in [-0.05, 0) is 18.1 Å². The summed E-state index contributed by atoms with van der Waals surface area (Å²) < 4.78 is 0. The molecule has 4 N–H and O–H groups in total. The second kappa shape index (κ2) is 4.25. The number of aromatic hydroxyl groups is 1. The summed E-state index contributed by atoms with van der Waals surface area (Å²) in [5.41, 5.74) is 7.33. The first-order chi connectivity index (χ1) is 6.19. The molecule has 0 amide bonds. The van der Waals surface area contributed by atoms with Crippen LogP contribution in [0.15, 0.2) is 18.2 Å². The monoisotopic (exact) mass is 181 g/mol. The van der Waals surface area contributed by atoms with E-state index >= 15 is 0 Å². The van der Waals surface area contributed by atoms with Gasteiger partial charge in [-0.2, -0.15) is 0 Å². The van der Waals surface area contributed by atoms with Crippen LogP contribution in [-0.4, -0.2) is 16.8 Å². The fraction of sp³-hybridized carbons (Fsp3) is 0.400. The van der Waals surface area contributed by atoms with Crippen LogP contribution < -0.4 is 5.73 Å². The maximum atomic E-state index is 9.44. The van der Waals surface area contributed by atoms with Crippen molar-refractivity contribution >= 4 is 0 Å². The Labute approximate surface area is 77.8 Å². The van der Waals surface area contributed by atoms with E-state index in [4.69, 9.17) is 10.8 Å². The lowest BCUT2D eigenvalue weighted by Gasteiger charge is -2.11. The summed E-state index contributed by atoms with van der Waals surface area (Å²) in [6.45, 7) is 1.88. The summed E-state index contributed by atoms with van der Waals surface area (Å²) in [6, 6.07) is 4.80. The highest BCUT2D eigenvalue weighted by Crippen LogP contribution is 2.23. The molecule has 1 rings (SSSR count). The van der Waals surface area contributed by atoms with Gasteiger partial charge in [0.2, 0.25) is 0 Å². The third kappa shape index (κ3) is 2.20. The summed E-state index contributed by atoms with van der Waals surface area (Å²) in [5.74, 6) is 0.152. The van der Waals surface area contributed by atoms with Crippen molar-refractivity contribution in [1.82, 2.24) is 0 Å². The third-order valence-electron chi connectivity index (χ3n) is 2.10. The minimum absolute atomic E-state index is 0.152. The van der Waals surface area contributed by atoms with E-state index < -0.39 is 6.04 Å². The van der Waals surface area contributed by atoms with Crippen LogP contribution in [0.25, 0.3) is 0 Å². The van der Waals surface area contributed by atoms with Gasteiger partial charge in [0, 0.05) is 5.56 Å². The van der Waals surface area contributed by atoms with Gasteiger partial charge in [0.25, 0.3) is 0 Å². The number of rotatable bonds is 3. The summed E-state index contributed by atoms with van der Waals surface area (Å²) >= 11 is 0. The van der Waals surface area contributed by atoms with Crippen molar-refractivity contribution in [3.8, 4) is 5.75 Å². The molecule has 0 radical (unpaired) electrons. The van der Waals surface area contributed by atoms with Gasteiger partial charge < -0.3 is 15.9 Å². The molecule has 0 bridgehead atoms. The topological polar surface area (TPSA) is 66.5 Å². The van der Waals surface area contributed by atoms with Gasteiger partial charge in [0.15, 0.2) is 0 Å². The molecule has 1 atom stereocenters. The molecule has 0 saturated heterocycles. The van der Waals surface area contributed by atoms with Crippen molar-refractivity contribution in [3.63, 3.8) is 0 Å². The second-order valence-electron chi connectivity index (χ2n) is 3.04. The Morgan fingerprint density at radius 3 is 2.69 bits per heavy atom. The highest BCUT2D eigenvalue weighted by Gasteiger charge is 2.09.